The van der Waals surface area contributed by atoms with E-state index in [1.165, 1.54) is 121 Å². The minimum atomic E-state index is 1.18. The van der Waals surface area contributed by atoms with Gasteiger partial charge in [-0.3, -0.25) is 0 Å². The van der Waals surface area contributed by atoms with E-state index in [4.69, 9.17) is 0 Å². The number of hydrogen-bond donors (Lipinski definition) is 0. The molecular weight excluding hydrogens is 496 g/mol. The summed E-state index contributed by atoms with van der Waals surface area (Å²) in [5.74, 6) is 0. The minimum Gasteiger partial charge on any atom is -0.0654 e. The molecule has 0 radical (unpaired) electrons. The number of halogens is 2. The van der Waals surface area contributed by atoms with Crippen molar-refractivity contribution in [3.63, 3.8) is 0 Å². The molecule has 0 saturated heterocycles. The molecule has 0 aliphatic carbocycles. The largest absolute Gasteiger partial charge is 0.0654 e. The maximum Gasteiger partial charge on any atom is 0.0181 e. The standard InChI is InChI=1S/C28H40Br2/c1-3-5-7-9-11-13-15-23-17-19-25(29)21-27(23)28-22-26(30)20-18-24(28)16-14-12-10-8-6-4-2/h17-22H,3-16H2,1-2H3. The van der Waals surface area contributed by atoms with Crippen LogP contribution in [0.25, 0.3) is 11.1 Å². The Kier molecular flexibility index (Phi) is 13.0. The molecule has 0 nitrogen and oxygen atoms in total. The van der Waals surface area contributed by atoms with Crippen molar-refractivity contribution in [3.05, 3.63) is 56.5 Å². The zero-order chi connectivity index (χ0) is 21.6. The Bertz CT molecular complexity index is 672. The van der Waals surface area contributed by atoms with Gasteiger partial charge in [0.05, 0.1) is 0 Å². The van der Waals surface area contributed by atoms with E-state index in [0.29, 0.717) is 0 Å². The lowest BCUT2D eigenvalue weighted by atomic mass is 9.90. The highest BCUT2D eigenvalue weighted by molar-refractivity contribution is 9.10. The fourth-order valence-corrected chi connectivity index (χ4v) is 4.95. The van der Waals surface area contributed by atoms with Crippen molar-refractivity contribution in [1.82, 2.24) is 0 Å². The van der Waals surface area contributed by atoms with Gasteiger partial charge in [-0.25, -0.2) is 0 Å². The van der Waals surface area contributed by atoms with Crippen LogP contribution in [-0.2, 0) is 12.8 Å². The number of rotatable bonds is 15. The van der Waals surface area contributed by atoms with Crippen LogP contribution in [0.4, 0.5) is 0 Å². The van der Waals surface area contributed by atoms with Crippen molar-refractivity contribution in [1.29, 1.82) is 0 Å². The van der Waals surface area contributed by atoms with Crippen molar-refractivity contribution in [2.75, 3.05) is 0 Å². The Balaban J connectivity index is 2.08. The van der Waals surface area contributed by atoms with Gasteiger partial charge >= 0.3 is 0 Å². The van der Waals surface area contributed by atoms with Gasteiger partial charge in [0.1, 0.15) is 0 Å². The molecule has 30 heavy (non-hydrogen) atoms. The molecule has 0 heterocycles. The molecule has 2 heteroatoms. The second-order valence-electron chi connectivity index (χ2n) is 8.64. The maximum atomic E-state index is 3.72. The summed E-state index contributed by atoms with van der Waals surface area (Å²) in [6.07, 6.45) is 18.6. The molecule has 0 aliphatic heterocycles. The molecule has 0 bridgehead atoms. The van der Waals surface area contributed by atoms with Crippen LogP contribution in [0.3, 0.4) is 0 Å². The summed E-state index contributed by atoms with van der Waals surface area (Å²) in [7, 11) is 0. The van der Waals surface area contributed by atoms with Crippen LogP contribution < -0.4 is 0 Å². The number of hydrogen-bond acceptors (Lipinski definition) is 0. The highest BCUT2D eigenvalue weighted by Gasteiger charge is 2.11. The van der Waals surface area contributed by atoms with Gasteiger partial charge in [-0.15, -0.1) is 0 Å². The zero-order valence-corrected chi connectivity index (χ0v) is 22.3. The number of unbranched alkanes of at least 4 members (excludes halogenated alkanes) is 10. The first-order valence-corrected chi connectivity index (χ1v) is 13.8. The first-order valence-electron chi connectivity index (χ1n) is 12.2. The van der Waals surface area contributed by atoms with Gasteiger partial charge in [-0.05, 0) is 72.2 Å². The average molecular weight is 536 g/mol. The molecule has 0 unspecified atom stereocenters. The van der Waals surface area contributed by atoms with E-state index in [-0.39, 0.29) is 0 Å². The molecular formula is C28H40Br2. The third-order valence-corrected chi connectivity index (χ3v) is 7.02. The van der Waals surface area contributed by atoms with E-state index < -0.39 is 0 Å². The summed E-state index contributed by atoms with van der Waals surface area (Å²) >= 11 is 7.45. The third-order valence-electron chi connectivity index (χ3n) is 6.03. The summed E-state index contributed by atoms with van der Waals surface area (Å²) in [4.78, 5) is 0. The molecule has 0 aliphatic rings. The normalized spacial score (nSPS) is 11.2. The van der Waals surface area contributed by atoms with Crippen LogP contribution in [0.2, 0.25) is 0 Å². The molecule has 0 spiro atoms. The second-order valence-corrected chi connectivity index (χ2v) is 10.5. The van der Waals surface area contributed by atoms with Gasteiger partial charge in [-0.2, -0.15) is 0 Å². The predicted octanol–water partition coefficient (Wildman–Crippen LogP) is 10.7. The Morgan fingerprint density at radius 1 is 0.500 bits per heavy atom. The lowest BCUT2D eigenvalue weighted by Gasteiger charge is -2.16. The van der Waals surface area contributed by atoms with Crippen LogP contribution in [0, 0.1) is 0 Å². The first kappa shape index (κ1) is 25.7. The molecule has 0 aromatic heterocycles. The summed E-state index contributed by atoms with van der Waals surface area (Å²) in [5, 5.41) is 0. The number of aryl methyl sites for hydroxylation is 2. The maximum absolute atomic E-state index is 3.72. The van der Waals surface area contributed by atoms with Crippen LogP contribution in [0.1, 0.15) is 102 Å². The van der Waals surface area contributed by atoms with Crippen LogP contribution in [0.15, 0.2) is 45.3 Å². The summed E-state index contributed by atoms with van der Waals surface area (Å²) < 4.78 is 2.35. The molecule has 166 valence electrons. The smallest absolute Gasteiger partial charge is 0.0181 e. The van der Waals surface area contributed by atoms with Crippen LogP contribution in [-0.4, -0.2) is 0 Å². The lowest BCUT2D eigenvalue weighted by molar-refractivity contribution is 0.607. The predicted molar refractivity (Wildman–Crippen MR) is 141 cm³/mol. The Morgan fingerprint density at radius 2 is 0.867 bits per heavy atom. The molecule has 0 N–H and O–H groups in total. The SMILES string of the molecule is CCCCCCCCc1ccc(Br)cc1-c1cc(Br)ccc1CCCCCCCC. The van der Waals surface area contributed by atoms with Gasteiger partial charge in [0.25, 0.3) is 0 Å². The number of benzene rings is 2. The van der Waals surface area contributed by atoms with Crippen molar-refractivity contribution >= 4 is 31.9 Å². The monoisotopic (exact) mass is 534 g/mol. The second kappa shape index (κ2) is 15.2. The Morgan fingerprint density at radius 3 is 1.27 bits per heavy atom. The Hall–Kier alpha value is -0.600. The van der Waals surface area contributed by atoms with E-state index in [1.807, 2.05) is 0 Å². The van der Waals surface area contributed by atoms with E-state index in [0.717, 1.165) is 0 Å². The van der Waals surface area contributed by atoms with Gasteiger partial charge in [0.2, 0.25) is 0 Å². The fourth-order valence-electron chi connectivity index (χ4n) is 4.23. The molecule has 2 aromatic carbocycles. The highest BCUT2D eigenvalue weighted by atomic mass is 79.9. The molecule has 0 fully saturated rings. The van der Waals surface area contributed by atoms with E-state index >= 15 is 0 Å². The highest BCUT2D eigenvalue weighted by Crippen LogP contribution is 2.34. The van der Waals surface area contributed by atoms with Crippen molar-refractivity contribution in [3.8, 4) is 11.1 Å². The molecule has 0 atom stereocenters. The van der Waals surface area contributed by atoms with Gasteiger partial charge < -0.3 is 0 Å². The van der Waals surface area contributed by atoms with Crippen molar-refractivity contribution in [2.45, 2.75) is 104 Å². The topological polar surface area (TPSA) is 0 Å². The third kappa shape index (κ3) is 9.27. The Labute approximate surface area is 202 Å². The average Bonchev–Trinajstić information content (AvgIpc) is 2.74. The summed E-state index contributed by atoms with van der Waals surface area (Å²) in [6, 6.07) is 13.8. The quantitative estimate of drug-likeness (QED) is 0.199. The summed E-state index contributed by atoms with van der Waals surface area (Å²) in [5.41, 5.74) is 5.83. The molecule has 2 aromatic rings. The molecule has 0 amide bonds. The van der Waals surface area contributed by atoms with Crippen LogP contribution in [0.5, 0.6) is 0 Å². The minimum absolute atomic E-state index is 1.18. The van der Waals surface area contributed by atoms with E-state index in [1.54, 1.807) is 0 Å². The van der Waals surface area contributed by atoms with Gasteiger partial charge in [0.15, 0.2) is 0 Å². The van der Waals surface area contributed by atoms with Gasteiger partial charge in [0, 0.05) is 8.95 Å². The molecule has 0 saturated carbocycles. The van der Waals surface area contributed by atoms with E-state index in [2.05, 4.69) is 82.1 Å². The van der Waals surface area contributed by atoms with Crippen molar-refractivity contribution < 1.29 is 0 Å². The fraction of sp³-hybridized carbons (Fsp3) is 0.571. The van der Waals surface area contributed by atoms with Crippen LogP contribution >= 0.6 is 31.9 Å². The molecule has 2 rings (SSSR count). The van der Waals surface area contributed by atoms with Crippen molar-refractivity contribution in [2.24, 2.45) is 0 Å². The lowest BCUT2D eigenvalue weighted by Crippen LogP contribution is -1.96. The van der Waals surface area contributed by atoms with E-state index in [9.17, 15) is 0 Å². The summed E-state index contributed by atoms with van der Waals surface area (Å²) in [6.45, 7) is 4.57. The zero-order valence-electron chi connectivity index (χ0n) is 19.1. The first-order chi connectivity index (χ1) is 14.7. The van der Waals surface area contributed by atoms with Gasteiger partial charge in [-0.1, -0.05) is 122 Å².